The summed E-state index contributed by atoms with van der Waals surface area (Å²) in [5.74, 6) is -0.208. The van der Waals surface area contributed by atoms with Crippen LogP contribution >= 0.6 is 0 Å². The summed E-state index contributed by atoms with van der Waals surface area (Å²) < 4.78 is 1.65. The van der Waals surface area contributed by atoms with E-state index in [1.165, 1.54) is 0 Å². The third-order valence-electron chi connectivity index (χ3n) is 4.68. The summed E-state index contributed by atoms with van der Waals surface area (Å²) in [6, 6.07) is 5.51. The second kappa shape index (κ2) is 6.29. The van der Waals surface area contributed by atoms with Crippen molar-refractivity contribution >= 4 is 22.7 Å². The Labute approximate surface area is 150 Å². The van der Waals surface area contributed by atoms with E-state index >= 15 is 0 Å². The molecule has 4 rings (SSSR count). The van der Waals surface area contributed by atoms with Crippen molar-refractivity contribution in [2.75, 3.05) is 13.1 Å². The van der Waals surface area contributed by atoms with Crippen LogP contribution in [0.4, 0.5) is 0 Å². The summed E-state index contributed by atoms with van der Waals surface area (Å²) in [5, 5.41) is 14.9. The fourth-order valence-corrected chi connectivity index (χ4v) is 3.32. The Morgan fingerprint density at radius 2 is 2.15 bits per heavy atom. The topological polar surface area (TPSA) is 95.9 Å². The number of aromatic amines is 1. The van der Waals surface area contributed by atoms with Crippen molar-refractivity contribution in [1.29, 1.82) is 0 Å². The van der Waals surface area contributed by atoms with Gasteiger partial charge in [0.25, 0.3) is 11.8 Å². The number of hydrogen-bond donors (Lipinski definition) is 2. The predicted octanol–water partition coefficient (Wildman–Crippen LogP) is 1.34. The zero-order chi connectivity index (χ0) is 18.3. The van der Waals surface area contributed by atoms with E-state index in [2.05, 4.69) is 20.6 Å². The number of amides is 2. The molecule has 0 bridgehead atoms. The molecule has 8 nitrogen and oxygen atoms in total. The maximum absolute atomic E-state index is 12.8. The van der Waals surface area contributed by atoms with Gasteiger partial charge < -0.3 is 10.2 Å². The van der Waals surface area contributed by atoms with Crippen LogP contribution in [0.5, 0.6) is 0 Å². The summed E-state index contributed by atoms with van der Waals surface area (Å²) in [4.78, 5) is 26.9. The summed E-state index contributed by atoms with van der Waals surface area (Å²) in [6.45, 7) is 5.52. The number of nitrogens with zero attached hydrogens (tertiary/aromatic N) is 4. The van der Waals surface area contributed by atoms with Crippen LogP contribution in [0.15, 0.2) is 30.6 Å². The smallest absolute Gasteiger partial charge is 0.269 e. The lowest BCUT2D eigenvalue weighted by molar-refractivity contribution is 0.0542. The number of likely N-dealkylation sites (tertiary alicyclic amines) is 1. The Morgan fingerprint density at radius 1 is 1.35 bits per heavy atom. The van der Waals surface area contributed by atoms with E-state index in [-0.39, 0.29) is 17.9 Å². The van der Waals surface area contributed by atoms with E-state index in [0.717, 1.165) is 16.5 Å². The molecule has 0 radical (unpaired) electrons. The van der Waals surface area contributed by atoms with Crippen molar-refractivity contribution in [3.8, 4) is 0 Å². The molecular weight excluding hydrogens is 332 g/mol. The number of carbonyl (C=O) groups is 2. The molecule has 2 amide bonds. The Bertz CT molecular complexity index is 983. The summed E-state index contributed by atoms with van der Waals surface area (Å²) in [6.07, 6.45) is 3.33. The quantitative estimate of drug-likeness (QED) is 0.741. The molecule has 3 aromatic rings. The first-order valence-electron chi connectivity index (χ1n) is 8.62. The van der Waals surface area contributed by atoms with Crippen LogP contribution in [-0.4, -0.2) is 55.8 Å². The first kappa shape index (κ1) is 16.3. The lowest BCUT2D eigenvalue weighted by Gasteiger charge is -2.39. The maximum Gasteiger partial charge on any atom is 0.269 e. The van der Waals surface area contributed by atoms with Gasteiger partial charge in [0.2, 0.25) is 0 Å². The van der Waals surface area contributed by atoms with Crippen molar-refractivity contribution in [2.45, 2.75) is 26.4 Å². The van der Waals surface area contributed by atoms with Gasteiger partial charge in [-0.15, -0.1) is 0 Å². The standard InChI is InChI=1S/C18H20N6O2/c1-3-24-15(4-5-20-24)17(25)21-13-9-23(10-13)18(26)14-7-11(2)6-12-8-19-22-16(12)14/h4-8,13H,3,9-10H2,1-2H3,(H,19,22)(H,21,25). The lowest BCUT2D eigenvalue weighted by atomic mass is 10.0. The molecule has 3 heterocycles. The van der Waals surface area contributed by atoms with Gasteiger partial charge >= 0.3 is 0 Å². The van der Waals surface area contributed by atoms with E-state index in [9.17, 15) is 9.59 Å². The minimum atomic E-state index is -0.159. The molecule has 1 saturated heterocycles. The normalized spacial score (nSPS) is 14.5. The van der Waals surface area contributed by atoms with Gasteiger partial charge in [0.1, 0.15) is 5.69 Å². The molecule has 1 fully saturated rings. The highest BCUT2D eigenvalue weighted by Crippen LogP contribution is 2.22. The first-order chi connectivity index (χ1) is 12.6. The largest absolute Gasteiger partial charge is 0.344 e. The van der Waals surface area contributed by atoms with Gasteiger partial charge in [0, 0.05) is 31.2 Å². The summed E-state index contributed by atoms with van der Waals surface area (Å²) in [5.41, 5.74) is 2.92. The van der Waals surface area contributed by atoms with Crippen molar-refractivity contribution in [2.24, 2.45) is 0 Å². The molecule has 0 saturated carbocycles. The van der Waals surface area contributed by atoms with Crippen LogP contribution in [0.2, 0.25) is 0 Å². The monoisotopic (exact) mass is 352 g/mol. The van der Waals surface area contributed by atoms with E-state index in [0.29, 0.717) is 30.9 Å². The van der Waals surface area contributed by atoms with Gasteiger partial charge in [-0.25, -0.2) is 0 Å². The van der Waals surface area contributed by atoms with Crippen molar-refractivity contribution in [3.63, 3.8) is 0 Å². The number of hydrogen-bond acceptors (Lipinski definition) is 4. The highest BCUT2D eigenvalue weighted by molar-refractivity contribution is 6.06. The van der Waals surface area contributed by atoms with Crippen molar-refractivity contribution in [3.05, 3.63) is 47.4 Å². The van der Waals surface area contributed by atoms with E-state index in [4.69, 9.17) is 0 Å². The second-order valence-corrected chi connectivity index (χ2v) is 6.56. The Balaban J connectivity index is 1.42. The Morgan fingerprint density at radius 3 is 2.92 bits per heavy atom. The van der Waals surface area contributed by atoms with Crippen LogP contribution in [0.1, 0.15) is 33.3 Å². The van der Waals surface area contributed by atoms with Crippen LogP contribution in [0.25, 0.3) is 10.9 Å². The van der Waals surface area contributed by atoms with Gasteiger partial charge in [0.15, 0.2) is 0 Å². The average molecular weight is 352 g/mol. The van der Waals surface area contributed by atoms with Gasteiger partial charge in [-0.1, -0.05) is 0 Å². The Kier molecular flexibility index (Phi) is 3.95. The molecular formula is C18H20N6O2. The lowest BCUT2D eigenvalue weighted by Crippen LogP contribution is -2.61. The number of fused-ring (bicyclic) bond motifs is 1. The predicted molar refractivity (Wildman–Crippen MR) is 95.9 cm³/mol. The molecule has 0 aliphatic carbocycles. The summed E-state index contributed by atoms with van der Waals surface area (Å²) >= 11 is 0. The fraction of sp³-hybridized carbons (Fsp3) is 0.333. The third kappa shape index (κ3) is 2.73. The fourth-order valence-electron chi connectivity index (χ4n) is 3.32. The number of aryl methyl sites for hydroxylation is 2. The number of benzene rings is 1. The molecule has 1 aromatic carbocycles. The zero-order valence-corrected chi connectivity index (χ0v) is 14.7. The molecule has 1 aliphatic heterocycles. The number of rotatable bonds is 4. The average Bonchev–Trinajstić information content (AvgIpc) is 3.24. The van der Waals surface area contributed by atoms with Gasteiger partial charge in [-0.3, -0.25) is 19.4 Å². The molecule has 0 unspecified atom stereocenters. The molecule has 0 spiro atoms. The highest BCUT2D eigenvalue weighted by atomic mass is 16.2. The minimum absolute atomic E-state index is 0.0475. The third-order valence-corrected chi connectivity index (χ3v) is 4.68. The molecule has 0 atom stereocenters. The van der Waals surface area contributed by atoms with Crippen LogP contribution < -0.4 is 5.32 Å². The SMILES string of the molecule is CCn1nccc1C(=O)NC1CN(C(=O)c2cc(C)cc3cn[nH]c23)C1. The number of aromatic nitrogens is 4. The summed E-state index contributed by atoms with van der Waals surface area (Å²) in [7, 11) is 0. The molecule has 26 heavy (non-hydrogen) atoms. The maximum atomic E-state index is 12.8. The van der Waals surface area contributed by atoms with E-state index < -0.39 is 0 Å². The highest BCUT2D eigenvalue weighted by Gasteiger charge is 2.33. The Hall–Kier alpha value is -3.16. The van der Waals surface area contributed by atoms with Gasteiger partial charge in [-0.2, -0.15) is 10.2 Å². The number of carbonyl (C=O) groups excluding carboxylic acids is 2. The van der Waals surface area contributed by atoms with E-state index in [1.54, 1.807) is 28.0 Å². The molecule has 2 aromatic heterocycles. The van der Waals surface area contributed by atoms with Crippen LogP contribution in [0, 0.1) is 6.92 Å². The van der Waals surface area contributed by atoms with Crippen LogP contribution in [0.3, 0.4) is 0 Å². The number of H-pyrrole nitrogens is 1. The van der Waals surface area contributed by atoms with Crippen molar-refractivity contribution < 1.29 is 9.59 Å². The molecule has 2 N–H and O–H groups in total. The minimum Gasteiger partial charge on any atom is -0.344 e. The molecule has 134 valence electrons. The first-order valence-corrected chi connectivity index (χ1v) is 8.62. The van der Waals surface area contributed by atoms with Crippen LogP contribution in [-0.2, 0) is 6.54 Å². The van der Waals surface area contributed by atoms with E-state index in [1.807, 2.05) is 26.0 Å². The number of nitrogens with one attached hydrogen (secondary N) is 2. The van der Waals surface area contributed by atoms with Gasteiger partial charge in [-0.05, 0) is 37.6 Å². The second-order valence-electron chi connectivity index (χ2n) is 6.56. The van der Waals surface area contributed by atoms with Crippen molar-refractivity contribution in [1.82, 2.24) is 30.2 Å². The molecule has 1 aliphatic rings. The van der Waals surface area contributed by atoms with Gasteiger partial charge in [0.05, 0.1) is 23.3 Å². The molecule has 8 heteroatoms. The zero-order valence-electron chi connectivity index (χ0n) is 14.7.